The van der Waals surface area contributed by atoms with Crippen molar-refractivity contribution in [3.63, 3.8) is 0 Å². The topological polar surface area (TPSA) is 46.5 Å². The highest BCUT2D eigenvalue weighted by molar-refractivity contribution is 9.10. The Labute approximate surface area is 110 Å². The van der Waals surface area contributed by atoms with Crippen LogP contribution in [0.5, 0.6) is 5.75 Å². The van der Waals surface area contributed by atoms with E-state index in [0.717, 1.165) is 21.3 Å². The van der Waals surface area contributed by atoms with Gasteiger partial charge < -0.3 is 9.84 Å². The molecule has 0 heterocycles. The van der Waals surface area contributed by atoms with E-state index in [1.165, 1.54) is 0 Å². The van der Waals surface area contributed by atoms with Crippen molar-refractivity contribution >= 4 is 21.9 Å². The maximum absolute atomic E-state index is 10.6. The highest BCUT2D eigenvalue weighted by Crippen LogP contribution is 2.35. The number of carbonyl (C=O) groups is 1. The van der Waals surface area contributed by atoms with Gasteiger partial charge in [-0.15, -0.1) is 0 Å². The molecule has 0 aliphatic carbocycles. The molecule has 1 rings (SSSR count). The van der Waals surface area contributed by atoms with E-state index in [4.69, 9.17) is 9.84 Å². The Morgan fingerprint density at radius 1 is 1.47 bits per heavy atom. The summed E-state index contributed by atoms with van der Waals surface area (Å²) in [4.78, 5) is 10.6. The molecule has 0 saturated carbocycles. The van der Waals surface area contributed by atoms with Gasteiger partial charge in [0.25, 0.3) is 0 Å². The summed E-state index contributed by atoms with van der Waals surface area (Å²) in [5.41, 5.74) is 2.12. The number of carboxylic acid groups (broad SMARTS) is 1. The monoisotopic (exact) mass is 300 g/mol. The molecule has 1 N–H and O–H groups in total. The number of benzene rings is 1. The average molecular weight is 301 g/mol. The Bertz CT molecular complexity index is 413. The summed E-state index contributed by atoms with van der Waals surface area (Å²) in [7, 11) is 1.64. The van der Waals surface area contributed by atoms with E-state index in [1.54, 1.807) is 7.11 Å². The van der Waals surface area contributed by atoms with Crippen molar-refractivity contribution in [1.29, 1.82) is 0 Å². The fourth-order valence-corrected chi connectivity index (χ4v) is 2.40. The second-order valence-corrected chi connectivity index (χ2v) is 5.10. The summed E-state index contributed by atoms with van der Waals surface area (Å²) in [6, 6.07) is 3.95. The Morgan fingerprint density at radius 2 is 2.12 bits per heavy atom. The molecule has 0 aliphatic rings. The van der Waals surface area contributed by atoms with Crippen molar-refractivity contribution in [2.45, 2.75) is 32.6 Å². The van der Waals surface area contributed by atoms with E-state index >= 15 is 0 Å². The fourth-order valence-electron chi connectivity index (χ4n) is 1.71. The Balaban J connectivity index is 3.06. The van der Waals surface area contributed by atoms with E-state index < -0.39 is 5.97 Å². The quantitative estimate of drug-likeness (QED) is 0.904. The Hall–Kier alpha value is -1.03. The third-order valence-corrected chi connectivity index (χ3v) is 3.17. The normalized spacial score (nSPS) is 10.6. The molecule has 3 nitrogen and oxygen atoms in total. The van der Waals surface area contributed by atoms with Gasteiger partial charge in [0, 0.05) is 6.42 Å². The zero-order valence-corrected chi connectivity index (χ0v) is 11.9. The molecule has 1 aromatic rings. The van der Waals surface area contributed by atoms with Crippen LogP contribution in [0, 0.1) is 0 Å². The molecular weight excluding hydrogens is 284 g/mol. The second-order valence-electron chi connectivity index (χ2n) is 4.25. The van der Waals surface area contributed by atoms with E-state index in [2.05, 4.69) is 29.8 Å². The number of hydrogen-bond donors (Lipinski definition) is 1. The van der Waals surface area contributed by atoms with Gasteiger partial charge in [0.2, 0.25) is 0 Å². The zero-order valence-electron chi connectivity index (χ0n) is 10.3. The minimum absolute atomic E-state index is 0.149. The lowest BCUT2D eigenvalue weighted by Crippen LogP contribution is -2.01. The number of carboxylic acids is 1. The van der Waals surface area contributed by atoms with Crippen LogP contribution in [0.25, 0.3) is 0 Å². The van der Waals surface area contributed by atoms with Crippen LogP contribution in [0.15, 0.2) is 16.6 Å². The molecule has 0 aliphatic heterocycles. The van der Waals surface area contributed by atoms with Crippen LogP contribution in [0.3, 0.4) is 0 Å². The smallest absolute Gasteiger partial charge is 0.303 e. The summed E-state index contributed by atoms with van der Waals surface area (Å²) >= 11 is 3.46. The van der Waals surface area contributed by atoms with Crippen LogP contribution in [-0.2, 0) is 11.2 Å². The number of hydrogen-bond acceptors (Lipinski definition) is 2. The van der Waals surface area contributed by atoms with Gasteiger partial charge in [0.05, 0.1) is 11.6 Å². The fraction of sp³-hybridized carbons (Fsp3) is 0.462. The standard InChI is InChI=1S/C13H17BrO3/c1-8(2)10-6-9(4-5-12(15)16)7-11(14)13(10)17-3/h6-8H,4-5H2,1-3H3,(H,15,16). The number of aliphatic carboxylic acids is 1. The van der Waals surface area contributed by atoms with Gasteiger partial charge in [0.1, 0.15) is 5.75 Å². The van der Waals surface area contributed by atoms with Gasteiger partial charge in [-0.3, -0.25) is 4.79 Å². The molecule has 0 bridgehead atoms. The lowest BCUT2D eigenvalue weighted by Gasteiger charge is -2.15. The molecule has 0 unspecified atom stereocenters. The van der Waals surface area contributed by atoms with Crippen molar-refractivity contribution in [3.05, 3.63) is 27.7 Å². The summed E-state index contributed by atoms with van der Waals surface area (Å²) < 4.78 is 6.24. The maximum Gasteiger partial charge on any atom is 0.303 e. The van der Waals surface area contributed by atoms with Gasteiger partial charge in [-0.1, -0.05) is 19.9 Å². The maximum atomic E-state index is 10.6. The number of halogens is 1. The van der Waals surface area contributed by atoms with E-state index in [9.17, 15) is 4.79 Å². The minimum Gasteiger partial charge on any atom is -0.495 e. The van der Waals surface area contributed by atoms with Gasteiger partial charge in [-0.25, -0.2) is 0 Å². The SMILES string of the molecule is COc1c(Br)cc(CCC(=O)O)cc1C(C)C. The minimum atomic E-state index is -0.775. The largest absolute Gasteiger partial charge is 0.495 e. The molecule has 17 heavy (non-hydrogen) atoms. The van der Waals surface area contributed by atoms with Crippen LogP contribution in [0.2, 0.25) is 0 Å². The molecule has 0 atom stereocenters. The zero-order chi connectivity index (χ0) is 13.0. The first-order valence-electron chi connectivity index (χ1n) is 5.53. The number of rotatable bonds is 5. The molecule has 1 aromatic carbocycles. The molecule has 4 heteroatoms. The van der Waals surface area contributed by atoms with Gasteiger partial charge in [-0.2, -0.15) is 0 Å². The Morgan fingerprint density at radius 3 is 2.59 bits per heavy atom. The lowest BCUT2D eigenvalue weighted by atomic mass is 9.98. The second kappa shape index (κ2) is 6.05. The molecule has 0 spiro atoms. The lowest BCUT2D eigenvalue weighted by molar-refractivity contribution is -0.136. The van der Waals surface area contributed by atoms with Crippen LogP contribution in [0.1, 0.15) is 37.3 Å². The Kier molecular flexibility index (Phi) is 5.00. The number of aryl methyl sites for hydroxylation is 1. The molecule has 0 aromatic heterocycles. The third kappa shape index (κ3) is 3.73. The van der Waals surface area contributed by atoms with E-state index in [0.29, 0.717) is 12.3 Å². The number of methoxy groups -OCH3 is 1. The highest BCUT2D eigenvalue weighted by atomic mass is 79.9. The van der Waals surface area contributed by atoms with Crippen LogP contribution >= 0.6 is 15.9 Å². The van der Waals surface area contributed by atoms with Crippen LogP contribution < -0.4 is 4.74 Å². The summed E-state index contributed by atoms with van der Waals surface area (Å²) in [5.74, 6) is 0.396. The third-order valence-electron chi connectivity index (χ3n) is 2.59. The van der Waals surface area contributed by atoms with E-state index in [1.807, 2.05) is 12.1 Å². The molecule has 0 radical (unpaired) electrons. The van der Waals surface area contributed by atoms with Crippen molar-refractivity contribution in [1.82, 2.24) is 0 Å². The van der Waals surface area contributed by atoms with Crippen molar-refractivity contribution in [2.24, 2.45) is 0 Å². The van der Waals surface area contributed by atoms with Gasteiger partial charge >= 0.3 is 5.97 Å². The van der Waals surface area contributed by atoms with Crippen molar-refractivity contribution in [3.8, 4) is 5.75 Å². The molecular formula is C13H17BrO3. The van der Waals surface area contributed by atoms with Crippen molar-refractivity contribution in [2.75, 3.05) is 7.11 Å². The summed E-state index contributed by atoms with van der Waals surface area (Å²) in [5, 5.41) is 8.69. The molecule has 0 fully saturated rings. The van der Waals surface area contributed by atoms with Gasteiger partial charge in [-0.05, 0) is 45.5 Å². The average Bonchev–Trinajstić information content (AvgIpc) is 2.25. The molecule has 0 amide bonds. The highest BCUT2D eigenvalue weighted by Gasteiger charge is 2.13. The first-order valence-corrected chi connectivity index (χ1v) is 6.33. The molecule has 0 saturated heterocycles. The predicted molar refractivity (Wildman–Crippen MR) is 70.7 cm³/mol. The van der Waals surface area contributed by atoms with Crippen LogP contribution in [-0.4, -0.2) is 18.2 Å². The molecule has 94 valence electrons. The first-order chi connectivity index (χ1) is 7.95. The van der Waals surface area contributed by atoms with Gasteiger partial charge in [0.15, 0.2) is 0 Å². The van der Waals surface area contributed by atoms with Crippen molar-refractivity contribution < 1.29 is 14.6 Å². The van der Waals surface area contributed by atoms with E-state index in [-0.39, 0.29) is 6.42 Å². The first kappa shape index (κ1) is 14.0. The predicted octanol–water partition coefficient (Wildman–Crippen LogP) is 3.60. The summed E-state index contributed by atoms with van der Waals surface area (Å²) in [6.07, 6.45) is 0.688. The van der Waals surface area contributed by atoms with Crippen LogP contribution in [0.4, 0.5) is 0 Å². The summed E-state index contributed by atoms with van der Waals surface area (Å²) in [6.45, 7) is 4.18. The number of ether oxygens (including phenoxy) is 1.